The van der Waals surface area contributed by atoms with Crippen LogP contribution >= 0.6 is 11.8 Å². The predicted molar refractivity (Wildman–Crippen MR) is 90.3 cm³/mol. The molecule has 1 N–H and O–H groups in total. The number of nitro groups is 1. The monoisotopic (exact) mass is 338 g/mol. The van der Waals surface area contributed by atoms with Gasteiger partial charge >= 0.3 is 0 Å². The van der Waals surface area contributed by atoms with Crippen LogP contribution in [0.15, 0.2) is 17.0 Å². The first kappa shape index (κ1) is 17.6. The number of hydrogen-bond donors (Lipinski definition) is 1. The van der Waals surface area contributed by atoms with E-state index in [1.807, 2.05) is 6.26 Å². The van der Waals surface area contributed by atoms with Crippen LogP contribution in [0.5, 0.6) is 5.75 Å². The van der Waals surface area contributed by atoms with Gasteiger partial charge in [0.25, 0.3) is 11.6 Å². The summed E-state index contributed by atoms with van der Waals surface area (Å²) in [6.45, 7) is 2.11. The average molecular weight is 338 g/mol. The van der Waals surface area contributed by atoms with E-state index in [4.69, 9.17) is 4.74 Å². The molecule has 1 aliphatic rings. The Hall–Kier alpha value is -1.76. The Bertz CT molecular complexity index is 606. The van der Waals surface area contributed by atoms with Crippen LogP contribution in [-0.2, 0) is 0 Å². The van der Waals surface area contributed by atoms with Gasteiger partial charge in [0.05, 0.1) is 23.0 Å². The number of ether oxygens (including phenoxy) is 1. The van der Waals surface area contributed by atoms with Crippen molar-refractivity contribution in [1.82, 2.24) is 5.32 Å². The maximum Gasteiger partial charge on any atom is 0.285 e. The number of nitrogens with zero attached hydrogens (tertiary/aromatic N) is 1. The van der Waals surface area contributed by atoms with Gasteiger partial charge in [0.1, 0.15) is 11.3 Å². The first-order valence-corrected chi connectivity index (χ1v) is 8.91. The first-order chi connectivity index (χ1) is 11.0. The van der Waals surface area contributed by atoms with E-state index in [-0.39, 0.29) is 23.2 Å². The lowest BCUT2D eigenvalue weighted by atomic mass is 9.86. The van der Waals surface area contributed by atoms with E-state index in [0.717, 1.165) is 19.3 Å². The molecule has 2 atom stereocenters. The van der Waals surface area contributed by atoms with Crippen LogP contribution in [0, 0.1) is 16.0 Å². The molecule has 1 fully saturated rings. The molecule has 0 spiro atoms. The van der Waals surface area contributed by atoms with Gasteiger partial charge in [-0.05, 0) is 31.1 Å². The van der Waals surface area contributed by atoms with Crippen molar-refractivity contribution in [2.75, 3.05) is 13.4 Å². The fourth-order valence-corrected chi connectivity index (χ4v) is 3.56. The molecule has 0 unspecified atom stereocenters. The summed E-state index contributed by atoms with van der Waals surface area (Å²) in [5.74, 6) is 0.421. The summed E-state index contributed by atoms with van der Waals surface area (Å²) in [4.78, 5) is 24.1. The molecule has 7 heteroatoms. The van der Waals surface area contributed by atoms with E-state index < -0.39 is 4.92 Å². The Labute approximate surface area is 140 Å². The Balaban J connectivity index is 2.32. The van der Waals surface area contributed by atoms with E-state index in [2.05, 4.69) is 12.2 Å². The quantitative estimate of drug-likeness (QED) is 0.503. The molecule has 1 amide bonds. The molecule has 0 aromatic heterocycles. The second-order valence-corrected chi connectivity index (χ2v) is 6.67. The molecule has 6 nitrogen and oxygen atoms in total. The van der Waals surface area contributed by atoms with E-state index in [9.17, 15) is 14.9 Å². The van der Waals surface area contributed by atoms with Crippen molar-refractivity contribution in [3.8, 4) is 5.75 Å². The minimum atomic E-state index is -0.536. The lowest BCUT2D eigenvalue weighted by molar-refractivity contribution is -0.385. The maximum atomic E-state index is 12.6. The van der Waals surface area contributed by atoms with Gasteiger partial charge in [0.2, 0.25) is 0 Å². The van der Waals surface area contributed by atoms with Crippen LogP contribution in [0.3, 0.4) is 0 Å². The normalized spacial score (nSPS) is 20.8. The number of thioether (sulfide) groups is 1. The number of methoxy groups -OCH3 is 1. The molecule has 0 heterocycles. The van der Waals surface area contributed by atoms with Crippen LogP contribution in [-0.4, -0.2) is 30.2 Å². The smallest absolute Gasteiger partial charge is 0.285 e. The topological polar surface area (TPSA) is 81.5 Å². The van der Waals surface area contributed by atoms with E-state index in [1.54, 1.807) is 6.07 Å². The Morgan fingerprint density at radius 3 is 2.65 bits per heavy atom. The largest absolute Gasteiger partial charge is 0.495 e. The Morgan fingerprint density at radius 2 is 2.09 bits per heavy atom. The van der Waals surface area contributed by atoms with Crippen molar-refractivity contribution in [2.45, 2.75) is 43.5 Å². The number of amides is 1. The summed E-state index contributed by atoms with van der Waals surface area (Å²) in [6.07, 6.45) is 6.09. The lowest BCUT2D eigenvalue weighted by Gasteiger charge is -2.29. The van der Waals surface area contributed by atoms with Crippen LogP contribution in [0.4, 0.5) is 5.69 Å². The van der Waals surface area contributed by atoms with Crippen molar-refractivity contribution < 1.29 is 14.5 Å². The third-order valence-electron chi connectivity index (χ3n) is 4.37. The highest BCUT2D eigenvalue weighted by Gasteiger charge is 2.28. The summed E-state index contributed by atoms with van der Waals surface area (Å²) < 4.78 is 5.17. The molecular formula is C16H22N2O4S. The van der Waals surface area contributed by atoms with Crippen molar-refractivity contribution in [2.24, 2.45) is 5.92 Å². The third-order valence-corrected chi connectivity index (χ3v) is 5.13. The predicted octanol–water partition coefficient (Wildman–Crippen LogP) is 3.63. The van der Waals surface area contributed by atoms with Crippen molar-refractivity contribution in [1.29, 1.82) is 0 Å². The zero-order valence-corrected chi connectivity index (χ0v) is 14.4. The molecule has 0 radical (unpaired) electrons. The molecule has 1 aromatic rings. The number of nitro benzene ring substituents is 1. The number of rotatable bonds is 5. The van der Waals surface area contributed by atoms with Gasteiger partial charge in [-0.3, -0.25) is 14.9 Å². The molecular weight excluding hydrogens is 316 g/mol. The van der Waals surface area contributed by atoms with Crippen molar-refractivity contribution >= 4 is 23.4 Å². The number of hydrogen-bond acceptors (Lipinski definition) is 5. The van der Waals surface area contributed by atoms with Crippen LogP contribution in [0.2, 0.25) is 0 Å². The molecule has 1 saturated carbocycles. The molecule has 1 aromatic carbocycles. The number of nitrogens with one attached hydrogen (secondary N) is 1. The molecule has 126 valence electrons. The second-order valence-electron chi connectivity index (χ2n) is 5.82. The highest BCUT2D eigenvalue weighted by Crippen LogP contribution is 2.34. The van der Waals surface area contributed by atoms with Gasteiger partial charge < -0.3 is 10.1 Å². The zero-order valence-electron chi connectivity index (χ0n) is 13.6. The summed E-state index contributed by atoms with van der Waals surface area (Å²) in [5, 5.41) is 14.3. The van der Waals surface area contributed by atoms with Crippen molar-refractivity contribution in [3.63, 3.8) is 0 Å². The van der Waals surface area contributed by atoms with E-state index in [1.165, 1.54) is 31.4 Å². The minimum absolute atomic E-state index is 0.0793. The maximum absolute atomic E-state index is 12.6. The van der Waals surface area contributed by atoms with Crippen molar-refractivity contribution in [3.05, 3.63) is 27.8 Å². The third kappa shape index (κ3) is 3.96. The summed E-state index contributed by atoms with van der Waals surface area (Å²) in [7, 11) is 1.46. The molecule has 2 rings (SSSR count). The fraction of sp³-hybridized carbons (Fsp3) is 0.562. The van der Waals surface area contributed by atoms with E-state index in [0.29, 0.717) is 16.6 Å². The van der Waals surface area contributed by atoms with Gasteiger partial charge in [-0.1, -0.05) is 19.8 Å². The highest BCUT2D eigenvalue weighted by molar-refractivity contribution is 7.98. The summed E-state index contributed by atoms with van der Waals surface area (Å²) in [6, 6.07) is 2.95. The van der Waals surface area contributed by atoms with Gasteiger partial charge in [-0.2, -0.15) is 0 Å². The van der Waals surface area contributed by atoms with Gasteiger partial charge in [-0.25, -0.2) is 0 Å². The van der Waals surface area contributed by atoms with Crippen LogP contribution < -0.4 is 10.1 Å². The number of carbonyl (C=O) groups excluding carboxylic acids is 1. The van der Waals surface area contributed by atoms with Gasteiger partial charge in [0, 0.05) is 6.04 Å². The van der Waals surface area contributed by atoms with Gasteiger partial charge in [-0.15, -0.1) is 11.8 Å². The molecule has 23 heavy (non-hydrogen) atoms. The Morgan fingerprint density at radius 1 is 1.39 bits per heavy atom. The Kier molecular flexibility index (Phi) is 5.87. The molecule has 0 bridgehead atoms. The second kappa shape index (κ2) is 7.68. The standard InChI is InChI=1S/C16H22N2O4S/c1-10-6-4-5-7-12(10)17-16(19)11-8-15(23-3)14(22-2)9-13(11)18(20)21/h8-10,12H,4-7H2,1-3H3,(H,17,19)/t10-,12+/m1/s1. The zero-order chi connectivity index (χ0) is 17.0. The van der Waals surface area contributed by atoms with Gasteiger partial charge in [0.15, 0.2) is 0 Å². The summed E-state index contributed by atoms with van der Waals surface area (Å²) in [5.41, 5.74) is -0.126. The highest BCUT2D eigenvalue weighted by atomic mass is 32.2. The van der Waals surface area contributed by atoms with Crippen LogP contribution in [0.25, 0.3) is 0 Å². The fourth-order valence-electron chi connectivity index (χ4n) is 2.98. The van der Waals surface area contributed by atoms with E-state index >= 15 is 0 Å². The molecule has 0 saturated heterocycles. The summed E-state index contributed by atoms with van der Waals surface area (Å²) >= 11 is 1.39. The molecule has 0 aliphatic heterocycles. The number of benzene rings is 1. The minimum Gasteiger partial charge on any atom is -0.495 e. The van der Waals surface area contributed by atoms with Crippen LogP contribution in [0.1, 0.15) is 43.0 Å². The molecule has 1 aliphatic carbocycles. The lowest BCUT2D eigenvalue weighted by Crippen LogP contribution is -2.41. The first-order valence-electron chi connectivity index (χ1n) is 7.69. The SMILES string of the molecule is COc1cc([N+](=O)[O-])c(C(=O)N[C@H]2CCCC[C@H]2C)cc1SC. The average Bonchev–Trinajstić information content (AvgIpc) is 2.55. The number of carbonyl (C=O) groups is 1.